The van der Waals surface area contributed by atoms with Crippen LogP contribution in [-0.4, -0.2) is 17.4 Å². The minimum absolute atomic E-state index is 0.0679. The van der Waals surface area contributed by atoms with E-state index < -0.39 is 0 Å². The van der Waals surface area contributed by atoms with Gasteiger partial charge in [0.25, 0.3) is 0 Å². The van der Waals surface area contributed by atoms with E-state index in [1.54, 1.807) is 0 Å². The third-order valence-electron chi connectivity index (χ3n) is 3.33. The van der Waals surface area contributed by atoms with Crippen molar-refractivity contribution in [3.05, 3.63) is 57.2 Å². The van der Waals surface area contributed by atoms with Crippen LogP contribution in [0.5, 0.6) is 0 Å². The summed E-state index contributed by atoms with van der Waals surface area (Å²) in [6.07, 6.45) is 0.316. The van der Waals surface area contributed by atoms with E-state index in [2.05, 4.69) is 0 Å². The molecule has 1 atom stereocenters. The van der Waals surface area contributed by atoms with Crippen molar-refractivity contribution in [2.45, 2.75) is 25.9 Å². The number of nitrogens with zero attached hydrogens (tertiary/aromatic N) is 1. The second-order valence-corrected chi connectivity index (χ2v) is 6.63. The lowest BCUT2D eigenvalue weighted by atomic mass is 10.0. The zero-order valence-electron chi connectivity index (χ0n) is 12.0. The second kappa shape index (κ2) is 7.59. The Morgan fingerprint density at radius 2 is 2.00 bits per heavy atom. The molecule has 2 aromatic rings. The third kappa shape index (κ3) is 4.56. The Morgan fingerprint density at radius 1 is 1.29 bits per heavy atom. The van der Waals surface area contributed by atoms with Crippen LogP contribution < -0.4 is 5.73 Å². The van der Waals surface area contributed by atoms with E-state index in [1.807, 2.05) is 54.3 Å². The van der Waals surface area contributed by atoms with Crippen LogP contribution in [0.15, 0.2) is 42.5 Å². The Bertz CT molecular complexity index is 585. The molecule has 0 bridgehead atoms. The van der Waals surface area contributed by atoms with Gasteiger partial charge in [-0.15, -0.1) is 11.3 Å². The van der Waals surface area contributed by atoms with Crippen molar-refractivity contribution in [3.8, 4) is 0 Å². The van der Waals surface area contributed by atoms with E-state index in [-0.39, 0.29) is 11.9 Å². The van der Waals surface area contributed by atoms with Gasteiger partial charge in [0.1, 0.15) is 0 Å². The normalized spacial score (nSPS) is 12.1. The zero-order chi connectivity index (χ0) is 15.2. The van der Waals surface area contributed by atoms with Gasteiger partial charge in [0.05, 0.1) is 10.9 Å². The summed E-state index contributed by atoms with van der Waals surface area (Å²) in [7, 11) is 0. The van der Waals surface area contributed by atoms with Crippen molar-refractivity contribution >= 4 is 28.8 Å². The molecular formula is C16H19ClN2OS. The predicted octanol–water partition coefficient (Wildman–Crippen LogP) is 3.84. The van der Waals surface area contributed by atoms with Crippen LogP contribution in [0.1, 0.15) is 29.8 Å². The maximum absolute atomic E-state index is 12.4. The number of hydrogen-bond donors (Lipinski definition) is 1. The zero-order valence-corrected chi connectivity index (χ0v) is 13.5. The van der Waals surface area contributed by atoms with Crippen molar-refractivity contribution in [1.82, 2.24) is 4.90 Å². The summed E-state index contributed by atoms with van der Waals surface area (Å²) in [5, 5.41) is 0. The lowest BCUT2D eigenvalue weighted by Gasteiger charge is -2.22. The lowest BCUT2D eigenvalue weighted by molar-refractivity contribution is -0.132. The number of rotatable bonds is 6. The minimum atomic E-state index is -0.264. The molecular weight excluding hydrogens is 304 g/mol. The van der Waals surface area contributed by atoms with Crippen molar-refractivity contribution in [3.63, 3.8) is 0 Å². The van der Waals surface area contributed by atoms with Crippen LogP contribution >= 0.6 is 22.9 Å². The first-order valence-corrected chi connectivity index (χ1v) is 8.12. The summed E-state index contributed by atoms with van der Waals surface area (Å²) >= 11 is 7.43. The van der Waals surface area contributed by atoms with E-state index in [1.165, 1.54) is 11.3 Å². The molecule has 0 saturated carbocycles. The van der Waals surface area contributed by atoms with Gasteiger partial charge < -0.3 is 10.6 Å². The number of carbonyl (C=O) groups is 1. The third-order valence-corrected chi connectivity index (χ3v) is 4.55. The highest BCUT2D eigenvalue weighted by Gasteiger charge is 2.17. The summed E-state index contributed by atoms with van der Waals surface area (Å²) in [6.45, 7) is 3.23. The summed E-state index contributed by atoms with van der Waals surface area (Å²) < 4.78 is 0.745. The fourth-order valence-corrected chi connectivity index (χ4v) is 3.24. The molecule has 1 aromatic carbocycles. The number of benzene rings is 1. The molecule has 112 valence electrons. The summed E-state index contributed by atoms with van der Waals surface area (Å²) in [5.41, 5.74) is 7.11. The highest BCUT2D eigenvalue weighted by molar-refractivity contribution is 7.16. The quantitative estimate of drug-likeness (QED) is 0.878. The molecule has 0 spiro atoms. The van der Waals surface area contributed by atoms with Gasteiger partial charge in [-0.05, 0) is 24.6 Å². The van der Waals surface area contributed by atoms with Crippen LogP contribution in [0.25, 0.3) is 0 Å². The average molecular weight is 323 g/mol. The van der Waals surface area contributed by atoms with Crippen molar-refractivity contribution < 1.29 is 4.79 Å². The fourth-order valence-electron chi connectivity index (χ4n) is 2.14. The van der Waals surface area contributed by atoms with Gasteiger partial charge in [0.15, 0.2) is 0 Å². The Kier molecular flexibility index (Phi) is 5.79. The maximum Gasteiger partial charge on any atom is 0.224 e. The van der Waals surface area contributed by atoms with E-state index in [0.717, 1.165) is 14.8 Å². The fraction of sp³-hybridized carbons (Fsp3) is 0.312. The number of halogens is 1. The first kappa shape index (κ1) is 16.0. The van der Waals surface area contributed by atoms with Gasteiger partial charge in [-0.3, -0.25) is 4.79 Å². The first-order chi connectivity index (χ1) is 10.1. The molecule has 0 radical (unpaired) electrons. The molecule has 0 aliphatic heterocycles. The molecule has 0 aliphatic carbocycles. The standard InChI is InChI=1S/C16H19ClN2OS/c1-2-19(11-13-8-9-15(17)21-13)16(20)10-14(18)12-6-4-3-5-7-12/h3-9,14H,2,10-11,18H2,1H3. The van der Waals surface area contributed by atoms with Gasteiger partial charge >= 0.3 is 0 Å². The molecule has 5 heteroatoms. The monoisotopic (exact) mass is 322 g/mol. The van der Waals surface area contributed by atoms with Crippen LogP contribution in [0.4, 0.5) is 0 Å². The SMILES string of the molecule is CCN(Cc1ccc(Cl)s1)C(=O)CC(N)c1ccccc1. The molecule has 0 aliphatic rings. The Hall–Kier alpha value is -1.36. The topological polar surface area (TPSA) is 46.3 Å². The summed E-state index contributed by atoms with van der Waals surface area (Å²) in [4.78, 5) is 15.3. The number of thiophene rings is 1. The molecule has 0 saturated heterocycles. The Balaban J connectivity index is 1.97. The molecule has 1 amide bonds. The van der Waals surface area contributed by atoms with Crippen LogP contribution in [-0.2, 0) is 11.3 Å². The van der Waals surface area contributed by atoms with Crippen LogP contribution in [0.2, 0.25) is 4.34 Å². The molecule has 0 fully saturated rings. The minimum Gasteiger partial charge on any atom is -0.338 e. The molecule has 21 heavy (non-hydrogen) atoms. The van der Waals surface area contributed by atoms with E-state index in [4.69, 9.17) is 17.3 Å². The van der Waals surface area contributed by atoms with Gasteiger partial charge in [0, 0.05) is 23.9 Å². The largest absolute Gasteiger partial charge is 0.338 e. The van der Waals surface area contributed by atoms with Gasteiger partial charge in [0.2, 0.25) is 5.91 Å². The second-order valence-electron chi connectivity index (χ2n) is 4.84. The van der Waals surface area contributed by atoms with Crippen molar-refractivity contribution in [2.75, 3.05) is 6.54 Å². The Morgan fingerprint density at radius 3 is 2.57 bits per heavy atom. The predicted molar refractivity (Wildman–Crippen MR) is 88.4 cm³/mol. The molecule has 1 unspecified atom stereocenters. The molecule has 2 rings (SSSR count). The number of nitrogens with two attached hydrogens (primary N) is 1. The first-order valence-electron chi connectivity index (χ1n) is 6.92. The number of amides is 1. The average Bonchev–Trinajstić information content (AvgIpc) is 2.90. The smallest absolute Gasteiger partial charge is 0.224 e. The highest BCUT2D eigenvalue weighted by atomic mass is 35.5. The van der Waals surface area contributed by atoms with Crippen molar-refractivity contribution in [1.29, 1.82) is 0 Å². The van der Waals surface area contributed by atoms with E-state index in [9.17, 15) is 4.79 Å². The van der Waals surface area contributed by atoms with Crippen molar-refractivity contribution in [2.24, 2.45) is 5.73 Å². The van der Waals surface area contributed by atoms with E-state index >= 15 is 0 Å². The van der Waals surface area contributed by atoms with Crippen LogP contribution in [0.3, 0.4) is 0 Å². The summed E-state index contributed by atoms with van der Waals surface area (Å²) in [6, 6.07) is 13.3. The van der Waals surface area contributed by atoms with Gasteiger partial charge in [-0.2, -0.15) is 0 Å². The number of carbonyl (C=O) groups excluding carboxylic acids is 1. The van der Waals surface area contributed by atoms with E-state index in [0.29, 0.717) is 19.5 Å². The molecule has 1 heterocycles. The Labute approximate surface area is 134 Å². The lowest BCUT2D eigenvalue weighted by Crippen LogP contribution is -2.32. The van der Waals surface area contributed by atoms with Gasteiger partial charge in [-0.25, -0.2) is 0 Å². The number of hydrogen-bond acceptors (Lipinski definition) is 3. The molecule has 3 nitrogen and oxygen atoms in total. The maximum atomic E-state index is 12.4. The van der Waals surface area contributed by atoms with Crippen LogP contribution in [0, 0.1) is 0 Å². The summed E-state index contributed by atoms with van der Waals surface area (Å²) in [5.74, 6) is 0.0679. The molecule has 2 N–H and O–H groups in total. The molecule has 1 aromatic heterocycles. The van der Waals surface area contributed by atoms with Gasteiger partial charge in [-0.1, -0.05) is 41.9 Å². The highest BCUT2D eigenvalue weighted by Crippen LogP contribution is 2.23.